The minimum Gasteiger partial charge on any atom is -0.478 e. The van der Waals surface area contributed by atoms with Gasteiger partial charge in [-0.25, -0.2) is 0 Å². The summed E-state index contributed by atoms with van der Waals surface area (Å²) in [6.07, 6.45) is 4.65. The summed E-state index contributed by atoms with van der Waals surface area (Å²) < 4.78 is 6.31. The van der Waals surface area contributed by atoms with Crippen molar-refractivity contribution in [1.82, 2.24) is 4.90 Å². The van der Waals surface area contributed by atoms with Crippen LogP contribution in [0.4, 0.5) is 0 Å². The topological polar surface area (TPSA) is 49.8 Å². The maximum atomic E-state index is 13.4. The first kappa shape index (κ1) is 20.2. The first-order chi connectivity index (χ1) is 12.6. The maximum Gasteiger partial charge on any atom is 0.266 e. The van der Waals surface area contributed by atoms with Crippen molar-refractivity contribution in [2.24, 2.45) is 5.41 Å². The molecule has 1 aliphatic heterocycles. The molecule has 0 radical (unpaired) electrons. The molecule has 1 saturated carbocycles. The Bertz CT molecular complexity index is 697. The van der Waals surface area contributed by atoms with Crippen molar-refractivity contribution in [3.05, 3.63) is 29.3 Å². The normalized spacial score (nSPS) is 26.0. The second-order valence-electron chi connectivity index (χ2n) is 9.41. The predicted molar refractivity (Wildman–Crippen MR) is 108 cm³/mol. The number of carbonyl (C=O) groups excluding carboxylic acids is 1. The van der Waals surface area contributed by atoms with Crippen LogP contribution in [0.1, 0.15) is 76.8 Å². The van der Waals surface area contributed by atoms with Crippen molar-refractivity contribution in [3.63, 3.8) is 0 Å². The lowest BCUT2D eigenvalue weighted by atomic mass is 9.76. The van der Waals surface area contributed by atoms with E-state index in [0.717, 1.165) is 55.5 Å². The van der Waals surface area contributed by atoms with E-state index < -0.39 is 5.60 Å². The van der Waals surface area contributed by atoms with Crippen molar-refractivity contribution in [2.45, 2.75) is 84.3 Å². The van der Waals surface area contributed by atoms with Gasteiger partial charge in [0.2, 0.25) is 0 Å². The highest BCUT2D eigenvalue weighted by molar-refractivity contribution is 5.85. The Balaban J connectivity index is 1.79. The highest BCUT2D eigenvalue weighted by Gasteiger charge is 2.47. The van der Waals surface area contributed by atoms with Gasteiger partial charge >= 0.3 is 0 Å². The van der Waals surface area contributed by atoms with Crippen LogP contribution < -0.4 is 4.74 Å². The Kier molecular flexibility index (Phi) is 5.58. The molecule has 2 atom stereocenters. The fourth-order valence-corrected chi connectivity index (χ4v) is 4.84. The Morgan fingerprint density at radius 2 is 2.00 bits per heavy atom. The monoisotopic (exact) mass is 373 g/mol. The van der Waals surface area contributed by atoms with E-state index in [0.29, 0.717) is 12.5 Å². The predicted octanol–water partition coefficient (Wildman–Crippen LogP) is 4.43. The number of aryl methyl sites for hydroxylation is 1. The summed E-state index contributed by atoms with van der Waals surface area (Å²) in [5, 5.41) is 10.5. The van der Waals surface area contributed by atoms with E-state index >= 15 is 0 Å². The lowest BCUT2D eigenvalue weighted by Gasteiger charge is -2.44. The molecular weight excluding hydrogens is 338 g/mol. The molecule has 1 heterocycles. The number of aliphatic hydroxyl groups is 1. The summed E-state index contributed by atoms with van der Waals surface area (Å²) in [4.78, 5) is 15.3. The molecule has 27 heavy (non-hydrogen) atoms. The van der Waals surface area contributed by atoms with Gasteiger partial charge < -0.3 is 14.7 Å². The molecule has 4 nitrogen and oxygen atoms in total. The lowest BCUT2D eigenvalue weighted by molar-refractivity contribution is -0.151. The number of piperidine rings is 1. The number of rotatable bonds is 4. The highest BCUT2D eigenvalue weighted by Crippen LogP contribution is 2.45. The number of likely N-dealkylation sites (tertiary alicyclic amines) is 1. The van der Waals surface area contributed by atoms with Gasteiger partial charge in [0.05, 0.1) is 6.10 Å². The molecule has 1 amide bonds. The van der Waals surface area contributed by atoms with Crippen LogP contribution in [-0.4, -0.2) is 40.7 Å². The van der Waals surface area contributed by atoms with Gasteiger partial charge in [0.1, 0.15) is 5.75 Å². The van der Waals surface area contributed by atoms with Crippen molar-refractivity contribution < 1.29 is 14.6 Å². The molecular formula is C23H35NO3. The van der Waals surface area contributed by atoms with Crippen LogP contribution in [0.5, 0.6) is 5.75 Å². The van der Waals surface area contributed by atoms with Crippen molar-refractivity contribution in [1.29, 1.82) is 0 Å². The third-order valence-electron chi connectivity index (χ3n) is 6.43. The molecule has 2 fully saturated rings. The minimum atomic E-state index is -0.931. The first-order valence-electron chi connectivity index (χ1n) is 10.4. The van der Waals surface area contributed by atoms with Crippen LogP contribution in [0.2, 0.25) is 0 Å². The fraction of sp³-hybridized carbons (Fsp3) is 0.696. The molecule has 150 valence electrons. The molecule has 1 aromatic rings. The second kappa shape index (κ2) is 7.46. The molecule has 4 heteroatoms. The molecule has 3 rings (SSSR count). The standard InChI is InChI=1S/C23H35NO3/c1-16(2)18-10-9-17(3)14-19(18)27-22(4,5)21(26)24-13-7-12-23(15-24)11-6-8-20(23)25/h9-10,14,16,20,25H,6-8,11-13,15H2,1-5H3/t20-,23+/m1/s1. The van der Waals surface area contributed by atoms with E-state index in [1.165, 1.54) is 0 Å². The maximum absolute atomic E-state index is 13.4. The average Bonchev–Trinajstić information content (AvgIpc) is 2.93. The molecule has 0 unspecified atom stereocenters. The van der Waals surface area contributed by atoms with E-state index in [1.807, 2.05) is 31.7 Å². The zero-order valence-electron chi connectivity index (χ0n) is 17.5. The van der Waals surface area contributed by atoms with Crippen molar-refractivity contribution in [2.75, 3.05) is 13.1 Å². The highest BCUT2D eigenvalue weighted by atomic mass is 16.5. The Morgan fingerprint density at radius 1 is 1.30 bits per heavy atom. The van der Waals surface area contributed by atoms with E-state index in [2.05, 4.69) is 26.0 Å². The summed E-state index contributed by atoms with van der Waals surface area (Å²) in [6.45, 7) is 11.5. The summed E-state index contributed by atoms with van der Waals surface area (Å²) in [5.41, 5.74) is 1.22. The zero-order chi connectivity index (χ0) is 19.8. The summed E-state index contributed by atoms with van der Waals surface area (Å²) in [5.74, 6) is 1.16. The summed E-state index contributed by atoms with van der Waals surface area (Å²) in [7, 11) is 0. The molecule has 1 aliphatic carbocycles. The first-order valence-corrected chi connectivity index (χ1v) is 10.4. The fourth-order valence-electron chi connectivity index (χ4n) is 4.84. The molecule has 1 saturated heterocycles. The number of hydrogen-bond donors (Lipinski definition) is 1. The van der Waals surface area contributed by atoms with Crippen molar-refractivity contribution >= 4 is 5.91 Å². The molecule has 1 spiro atoms. The number of ether oxygens (including phenoxy) is 1. The average molecular weight is 374 g/mol. The van der Waals surface area contributed by atoms with Crippen LogP contribution in [0.25, 0.3) is 0 Å². The molecule has 1 N–H and O–H groups in total. The summed E-state index contributed by atoms with van der Waals surface area (Å²) >= 11 is 0. The van der Waals surface area contributed by atoms with Gasteiger partial charge in [-0.3, -0.25) is 4.79 Å². The molecule has 1 aromatic carbocycles. The van der Waals surface area contributed by atoms with E-state index in [1.54, 1.807) is 0 Å². The van der Waals surface area contributed by atoms with Gasteiger partial charge in [0.15, 0.2) is 5.60 Å². The number of nitrogens with zero attached hydrogens (tertiary/aromatic N) is 1. The smallest absolute Gasteiger partial charge is 0.266 e. The third kappa shape index (κ3) is 4.01. The van der Waals surface area contributed by atoms with Crippen LogP contribution >= 0.6 is 0 Å². The van der Waals surface area contributed by atoms with Gasteiger partial charge in [0.25, 0.3) is 5.91 Å². The Hall–Kier alpha value is -1.55. The number of aliphatic hydroxyl groups excluding tert-OH is 1. The van der Waals surface area contributed by atoms with Gasteiger partial charge in [0, 0.05) is 18.5 Å². The van der Waals surface area contributed by atoms with Crippen molar-refractivity contribution in [3.8, 4) is 5.75 Å². The van der Waals surface area contributed by atoms with Gasteiger partial charge in [-0.1, -0.05) is 32.4 Å². The number of benzene rings is 1. The third-order valence-corrected chi connectivity index (χ3v) is 6.43. The second-order valence-corrected chi connectivity index (χ2v) is 9.41. The van der Waals surface area contributed by atoms with Gasteiger partial charge in [-0.05, 0) is 69.6 Å². The molecule has 2 aliphatic rings. The van der Waals surface area contributed by atoms with Gasteiger partial charge in [-0.15, -0.1) is 0 Å². The zero-order valence-corrected chi connectivity index (χ0v) is 17.5. The van der Waals surface area contributed by atoms with Crippen LogP contribution in [0.15, 0.2) is 18.2 Å². The SMILES string of the molecule is Cc1ccc(C(C)C)c(OC(C)(C)C(=O)N2CCC[C@@]3(CCC[C@H]3O)C2)c1. The van der Waals surface area contributed by atoms with E-state index in [9.17, 15) is 9.90 Å². The van der Waals surface area contributed by atoms with Crippen LogP contribution in [0.3, 0.4) is 0 Å². The number of hydrogen-bond acceptors (Lipinski definition) is 3. The lowest BCUT2D eigenvalue weighted by Crippen LogP contribution is -2.56. The quantitative estimate of drug-likeness (QED) is 0.849. The largest absolute Gasteiger partial charge is 0.478 e. The minimum absolute atomic E-state index is 0.0249. The van der Waals surface area contributed by atoms with Gasteiger partial charge in [-0.2, -0.15) is 0 Å². The van der Waals surface area contributed by atoms with Crippen LogP contribution in [0, 0.1) is 12.3 Å². The van der Waals surface area contributed by atoms with Crippen LogP contribution in [-0.2, 0) is 4.79 Å². The molecule has 0 bridgehead atoms. The van der Waals surface area contributed by atoms with E-state index in [4.69, 9.17) is 4.74 Å². The molecule has 0 aromatic heterocycles. The summed E-state index contributed by atoms with van der Waals surface area (Å²) in [6, 6.07) is 6.22. The van der Waals surface area contributed by atoms with E-state index in [-0.39, 0.29) is 17.4 Å². The Morgan fingerprint density at radius 3 is 2.63 bits per heavy atom. The Labute approximate surface area is 163 Å². The number of amides is 1. The number of carbonyl (C=O) groups is 1.